The van der Waals surface area contributed by atoms with Crippen LogP contribution in [0.4, 0.5) is 0 Å². The Morgan fingerprint density at radius 3 is 2.64 bits per heavy atom. The maximum atomic E-state index is 5.89. The molecule has 1 heterocycles. The third-order valence-corrected chi connectivity index (χ3v) is 2.50. The van der Waals surface area contributed by atoms with Crippen molar-refractivity contribution >= 4 is 22.5 Å². The predicted molar refractivity (Wildman–Crippen MR) is 60.8 cm³/mol. The van der Waals surface area contributed by atoms with E-state index in [0.29, 0.717) is 5.92 Å². The van der Waals surface area contributed by atoms with Crippen molar-refractivity contribution in [3.63, 3.8) is 0 Å². The van der Waals surface area contributed by atoms with Gasteiger partial charge in [-0.15, -0.1) is 0 Å². The van der Waals surface area contributed by atoms with E-state index in [2.05, 4.69) is 31.0 Å². The van der Waals surface area contributed by atoms with Gasteiger partial charge in [-0.2, -0.15) is 0 Å². The molecule has 0 saturated heterocycles. The van der Waals surface area contributed by atoms with Crippen LogP contribution in [0.2, 0.25) is 5.02 Å². The van der Waals surface area contributed by atoms with E-state index in [1.165, 1.54) is 0 Å². The van der Waals surface area contributed by atoms with Crippen molar-refractivity contribution in [2.75, 3.05) is 0 Å². The standard InChI is InChI=1S/C12H12ClN/c1-8(2)11-5-3-9-7-10(13)4-6-12(9)14-11/h3-8H,1-2H3. The first-order valence-electron chi connectivity index (χ1n) is 4.73. The van der Waals surface area contributed by atoms with Gasteiger partial charge in [-0.05, 0) is 30.2 Å². The largest absolute Gasteiger partial charge is 0.253 e. The van der Waals surface area contributed by atoms with E-state index >= 15 is 0 Å². The first kappa shape index (κ1) is 9.47. The number of halogens is 1. The van der Waals surface area contributed by atoms with Gasteiger partial charge in [0.25, 0.3) is 0 Å². The molecule has 0 N–H and O–H groups in total. The van der Waals surface area contributed by atoms with Gasteiger partial charge in [0.05, 0.1) is 5.52 Å². The lowest BCUT2D eigenvalue weighted by Crippen LogP contribution is -1.92. The molecule has 72 valence electrons. The van der Waals surface area contributed by atoms with Gasteiger partial charge in [0.15, 0.2) is 0 Å². The highest BCUT2D eigenvalue weighted by Crippen LogP contribution is 2.20. The molecule has 0 radical (unpaired) electrons. The van der Waals surface area contributed by atoms with Gasteiger partial charge in [0.1, 0.15) is 0 Å². The van der Waals surface area contributed by atoms with E-state index in [0.717, 1.165) is 21.6 Å². The van der Waals surface area contributed by atoms with Crippen LogP contribution in [0.3, 0.4) is 0 Å². The molecule has 0 atom stereocenters. The fourth-order valence-electron chi connectivity index (χ4n) is 1.43. The van der Waals surface area contributed by atoms with Gasteiger partial charge in [-0.1, -0.05) is 31.5 Å². The first-order chi connectivity index (χ1) is 6.66. The van der Waals surface area contributed by atoms with E-state index in [9.17, 15) is 0 Å². The van der Waals surface area contributed by atoms with Crippen LogP contribution >= 0.6 is 11.6 Å². The second-order valence-corrected chi connectivity index (χ2v) is 4.16. The van der Waals surface area contributed by atoms with Crippen LogP contribution in [0, 0.1) is 0 Å². The van der Waals surface area contributed by atoms with Crippen molar-refractivity contribution in [1.29, 1.82) is 0 Å². The van der Waals surface area contributed by atoms with E-state index in [-0.39, 0.29) is 0 Å². The Kier molecular flexibility index (Phi) is 2.42. The highest BCUT2D eigenvalue weighted by Gasteiger charge is 2.02. The fraction of sp³-hybridized carbons (Fsp3) is 0.250. The average molecular weight is 206 g/mol. The second kappa shape index (κ2) is 3.58. The second-order valence-electron chi connectivity index (χ2n) is 3.73. The predicted octanol–water partition coefficient (Wildman–Crippen LogP) is 4.01. The summed E-state index contributed by atoms with van der Waals surface area (Å²) in [5.41, 5.74) is 2.14. The van der Waals surface area contributed by atoms with E-state index in [4.69, 9.17) is 11.6 Å². The molecule has 14 heavy (non-hydrogen) atoms. The molecule has 1 aromatic heterocycles. The molecule has 0 bridgehead atoms. The summed E-state index contributed by atoms with van der Waals surface area (Å²) >= 11 is 5.89. The molecule has 0 aliphatic heterocycles. The minimum Gasteiger partial charge on any atom is -0.253 e. The number of aromatic nitrogens is 1. The summed E-state index contributed by atoms with van der Waals surface area (Å²) in [5, 5.41) is 1.86. The third-order valence-electron chi connectivity index (χ3n) is 2.26. The zero-order chi connectivity index (χ0) is 10.1. The van der Waals surface area contributed by atoms with E-state index < -0.39 is 0 Å². The van der Waals surface area contributed by atoms with Crippen molar-refractivity contribution in [2.45, 2.75) is 19.8 Å². The van der Waals surface area contributed by atoms with Crippen molar-refractivity contribution in [1.82, 2.24) is 4.98 Å². The minimum absolute atomic E-state index is 0.468. The zero-order valence-electron chi connectivity index (χ0n) is 8.29. The van der Waals surface area contributed by atoms with Crippen LogP contribution < -0.4 is 0 Å². The molecular formula is C12H12ClN. The van der Waals surface area contributed by atoms with Gasteiger partial charge in [-0.25, -0.2) is 0 Å². The molecular weight excluding hydrogens is 194 g/mol. The van der Waals surface area contributed by atoms with Crippen LogP contribution in [0.15, 0.2) is 30.3 Å². The lowest BCUT2D eigenvalue weighted by molar-refractivity contribution is 0.830. The molecule has 0 aliphatic carbocycles. The van der Waals surface area contributed by atoms with Crippen molar-refractivity contribution in [2.24, 2.45) is 0 Å². The Morgan fingerprint density at radius 2 is 1.93 bits per heavy atom. The number of hydrogen-bond acceptors (Lipinski definition) is 1. The summed E-state index contributed by atoms with van der Waals surface area (Å²) in [6.45, 7) is 4.29. The molecule has 2 heteroatoms. The van der Waals surface area contributed by atoms with Crippen molar-refractivity contribution in [3.05, 3.63) is 41.0 Å². The Bertz CT molecular complexity index is 463. The molecule has 0 spiro atoms. The van der Waals surface area contributed by atoms with E-state index in [1.54, 1.807) is 0 Å². The minimum atomic E-state index is 0.468. The summed E-state index contributed by atoms with van der Waals surface area (Å²) in [7, 11) is 0. The molecule has 1 nitrogen and oxygen atoms in total. The normalized spacial score (nSPS) is 11.1. The molecule has 0 saturated carbocycles. The van der Waals surface area contributed by atoms with Crippen molar-refractivity contribution in [3.8, 4) is 0 Å². The Morgan fingerprint density at radius 1 is 1.14 bits per heavy atom. The van der Waals surface area contributed by atoms with Crippen LogP contribution in [-0.4, -0.2) is 4.98 Å². The van der Waals surface area contributed by atoms with Gasteiger partial charge in [0, 0.05) is 16.1 Å². The fourth-order valence-corrected chi connectivity index (χ4v) is 1.61. The lowest BCUT2D eigenvalue weighted by Gasteiger charge is -2.05. The summed E-state index contributed by atoms with van der Waals surface area (Å²) in [4.78, 5) is 4.56. The third kappa shape index (κ3) is 1.73. The molecule has 2 rings (SSSR count). The van der Waals surface area contributed by atoms with Gasteiger partial charge < -0.3 is 0 Å². The average Bonchev–Trinajstić information content (AvgIpc) is 2.16. The molecule has 0 fully saturated rings. The van der Waals surface area contributed by atoms with Crippen molar-refractivity contribution < 1.29 is 0 Å². The summed E-state index contributed by atoms with van der Waals surface area (Å²) in [5.74, 6) is 0.468. The highest BCUT2D eigenvalue weighted by atomic mass is 35.5. The number of rotatable bonds is 1. The highest BCUT2D eigenvalue weighted by molar-refractivity contribution is 6.31. The first-order valence-corrected chi connectivity index (χ1v) is 5.11. The number of hydrogen-bond donors (Lipinski definition) is 0. The molecule has 0 unspecified atom stereocenters. The number of benzene rings is 1. The van der Waals surface area contributed by atoms with Crippen LogP contribution in [-0.2, 0) is 0 Å². The summed E-state index contributed by atoms with van der Waals surface area (Å²) < 4.78 is 0. The summed E-state index contributed by atoms with van der Waals surface area (Å²) in [6.07, 6.45) is 0. The molecule has 0 aliphatic rings. The Balaban J connectivity index is 2.62. The monoisotopic (exact) mass is 205 g/mol. The maximum Gasteiger partial charge on any atom is 0.0706 e. The van der Waals surface area contributed by atoms with Crippen LogP contribution in [0.1, 0.15) is 25.5 Å². The number of fused-ring (bicyclic) bond motifs is 1. The molecule has 1 aromatic carbocycles. The van der Waals surface area contributed by atoms with Gasteiger partial charge in [0.2, 0.25) is 0 Å². The number of nitrogens with zero attached hydrogens (tertiary/aromatic N) is 1. The Labute approximate surface area is 88.7 Å². The van der Waals surface area contributed by atoms with E-state index in [1.807, 2.05) is 18.2 Å². The molecule has 2 aromatic rings. The Hall–Kier alpha value is -1.08. The smallest absolute Gasteiger partial charge is 0.0706 e. The maximum absolute atomic E-state index is 5.89. The topological polar surface area (TPSA) is 12.9 Å². The van der Waals surface area contributed by atoms with Gasteiger partial charge in [-0.3, -0.25) is 4.98 Å². The van der Waals surface area contributed by atoms with Crippen LogP contribution in [0.25, 0.3) is 10.9 Å². The molecule has 0 amide bonds. The lowest BCUT2D eigenvalue weighted by atomic mass is 10.1. The zero-order valence-corrected chi connectivity index (χ0v) is 9.05. The SMILES string of the molecule is CC(C)c1ccc2cc(Cl)ccc2n1. The number of pyridine rings is 1. The summed E-state index contributed by atoms with van der Waals surface area (Å²) in [6, 6.07) is 9.91. The van der Waals surface area contributed by atoms with Crippen LogP contribution in [0.5, 0.6) is 0 Å². The van der Waals surface area contributed by atoms with Gasteiger partial charge >= 0.3 is 0 Å². The quantitative estimate of drug-likeness (QED) is 0.686.